The summed E-state index contributed by atoms with van der Waals surface area (Å²) < 4.78 is 37.5. The molecule has 8 heteroatoms. The lowest BCUT2D eigenvalue weighted by molar-refractivity contribution is -0.186. The van der Waals surface area contributed by atoms with Crippen LogP contribution in [0.4, 0.5) is 13.2 Å². The predicted octanol–water partition coefficient (Wildman–Crippen LogP) is 8.59. The van der Waals surface area contributed by atoms with Crippen molar-refractivity contribution in [3.05, 3.63) is 0 Å². The van der Waals surface area contributed by atoms with Gasteiger partial charge in [0, 0.05) is 40.3 Å². The number of rotatable bonds is 1. The molecule has 0 bridgehead atoms. The van der Waals surface area contributed by atoms with E-state index >= 15 is 0 Å². The Labute approximate surface area is 271 Å². The van der Waals surface area contributed by atoms with E-state index in [0.29, 0.717) is 36.7 Å². The second-order valence-corrected chi connectivity index (χ2v) is 17.6. The van der Waals surface area contributed by atoms with Gasteiger partial charge in [-0.3, -0.25) is 19.6 Å². The molecular formula is C36H73F3N4O. The van der Waals surface area contributed by atoms with Crippen LogP contribution in [0.1, 0.15) is 148 Å². The van der Waals surface area contributed by atoms with Gasteiger partial charge in [-0.1, -0.05) is 0 Å². The van der Waals surface area contributed by atoms with Crippen molar-refractivity contribution < 1.29 is 18.3 Å². The van der Waals surface area contributed by atoms with Gasteiger partial charge in [-0.05, 0) is 174 Å². The van der Waals surface area contributed by atoms with E-state index in [4.69, 9.17) is 5.11 Å². The predicted molar refractivity (Wildman–Crippen MR) is 182 cm³/mol. The molecule has 0 amide bonds. The third-order valence-corrected chi connectivity index (χ3v) is 9.77. The highest BCUT2D eigenvalue weighted by atomic mass is 19.4. The molecule has 0 radical (unpaired) electrons. The van der Waals surface area contributed by atoms with Crippen LogP contribution in [-0.4, -0.2) is 110 Å². The summed E-state index contributed by atoms with van der Waals surface area (Å²) in [6, 6.07) is 0.794. The van der Waals surface area contributed by atoms with Gasteiger partial charge in [0.05, 0.1) is 6.61 Å². The molecule has 4 fully saturated rings. The van der Waals surface area contributed by atoms with Gasteiger partial charge in [-0.2, -0.15) is 13.2 Å². The van der Waals surface area contributed by atoms with E-state index in [1.807, 2.05) is 20.8 Å². The summed E-state index contributed by atoms with van der Waals surface area (Å²) in [7, 11) is 0. The Morgan fingerprint density at radius 2 is 0.818 bits per heavy atom. The zero-order valence-corrected chi connectivity index (χ0v) is 31.4. The lowest BCUT2D eigenvalue weighted by Crippen LogP contribution is -2.50. The molecule has 4 saturated heterocycles. The molecule has 0 aliphatic carbocycles. The third-order valence-electron chi connectivity index (χ3n) is 9.77. The number of likely N-dealkylation sites (tertiary alicyclic amines) is 4. The summed E-state index contributed by atoms with van der Waals surface area (Å²) in [5.41, 5.74) is 0.617. The molecule has 0 aromatic heterocycles. The Kier molecular flexibility index (Phi) is 15.7. The van der Waals surface area contributed by atoms with Gasteiger partial charge in [0.2, 0.25) is 0 Å². The first-order valence-electron chi connectivity index (χ1n) is 17.6. The summed E-state index contributed by atoms with van der Waals surface area (Å²) in [5.74, 6) is 0. The normalized spacial score (nSPS) is 28.2. The smallest absolute Gasteiger partial charge is 0.395 e. The van der Waals surface area contributed by atoms with E-state index in [-0.39, 0.29) is 17.5 Å². The minimum Gasteiger partial charge on any atom is -0.395 e. The van der Waals surface area contributed by atoms with Crippen LogP contribution in [0.5, 0.6) is 0 Å². The Morgan fingerprint density at radius 1 is 0.500 bits per heavy atom. The van der Waals surface area contributed by atoms with Crippen LogP contribution in [0.15, 0.2) is 0 Å². The molecule has 4 aliphatic heterocycles. The van der Waals surface area contributed by atoms with Gasteiger partial charge in [-0.15, -0.1) is 0 Å². The molecule has 4 heterocycles. The molecule has 264 valence electrons. The molecule has 44 heavy (non-hydrogen) atoms. The summed E-state index contributed by atoms with van der Waals surface area (Å²) in [5, 5.41) is 9.06. The highest BCUT2D eigenvalue weighted by Gasteiger charge is 2.48. The fraction of sp³-hybridized carbons (Fsp3) is 1.00. The van der Waals surface area contributed by atoms with Gasteiger partial charge in [0.25, 0.3) is 0 Å². The molecule has 1 N–H and O–H groups in total. The first kappa shape index (κ1) is 41.6. The second kappa shape index (κ2) is 16.6. The Hall–Kier alpha value is -0.410. The van der Waals surface area contributed by atoms with Crippen molar-refractivity contribution in [3.63, 3.8) is 0 Å². The van der Waals surface area contributed by atoms with Crippen molar-refractivity contribution in [2.45, 2.75) is 201 Å². The second-order valence-electron chi connectivity index (χ2n) is 17.6. The zero-order chi connectivity index (χ0) is 34.3. The van der Waals surface area contributed by atoms with Gasteiger partial charge in [0.1, 0.15) is 6.04 Å². The summed E-state index contributed by atoms with van der Waals surface area (Å²) in [6.07, 6.45) is 4.79. The molecule has 0 spiro atoms. The first-order chi connectivity index (χ1) is 19.8. The molecule has 0 unspecified atom stereocenters. The number of aliphatic hydroxyl groups is 1. The monoisotopic (exact) mass is 635 g/mol. The molecule has 4 rings (SSSR count). The molecule has 0 aromatic rings. The van der Waals surface area contributed by atoms with Crippen LogP contribution in [0.2, 0.25) is 0 Å². The van der Waals surface area contributed by atoms with Crippen LogP contribution in [0, 0.1) is 0 Å². The fourth-order valence-electron chi connectivity index (χ4n) is 7.68. The number of hydrogen-bond donors (Lipinski definition) is 1. The fourth-order valence-corrected chi connectivity index (χ4v) is 7.68. The van der Waals surface area contributed by atoms with Crippen molar-refractivity contribution in [1.82, 2.24) is 19.6 Å². The number of hydrogen-bond acceptors (Lipinski definition) is 5. The van der Waals surface area contributed by atoms with Crippen molar-refractivity contribution in [1.29, 1.82) is 0 Å². The summed E-state index contributed by atoms with van der Waals surface area (Å²) in [6.45, 7) is 35.2. The van der Waals surface area contributed by atoms with Crippen LogP contribution in [0.3, 0.4) is 0 Å². The Bertz CT molecular complexity index is 757. The average molecular weight is 635 g/mol. The van der Waals surface area contributed by atoms with E-state index in [1.54, 1.807) is 4.90 Å². The van der Waals surface area contributed by atoms with E-state index in [0.717, 1.165) is 25.0 Å². The van der Waals surface area contributed by atoms with Gasteiger partial charge in [0.15, 0.2) is 0 Å². The number of alkyl halides is 3. The van der Waals surface area contributed by atoms with Crippen molar-refractivity contribution in [3.8, 4) is 0 Å². The van der Waals surface area contributed by atoms with Gasteiger partial charge < -0.3 is 5.11 Å². The Balaban J connectivity index is 0.000000295. The maximum Gasteiger partial charge on any atom is 0.404 e. The van der Waals surface area contributed by atoms with Gasteiger partial charge in [-0.25, -0.2) is 0 Å². The summed E-state index contributed by atoms with van der Waals surface area (Å²) >= 11 is 0. The van der Waals surface area contributed by atoms with Crippen molar-refractivity contribution in [2.75, 3.05) is 32.8 Å². The Morgan fingerprint density at radius 3 is 1.05 bits per heavy atom. The highest BCUT2D eigenvalue weighted by Crippen LogP contribution is 2.36. The number of halogens is 3. The van der Waals surface area contributed by atoms with E-state index in [1.165, 1.54) is 45.2 Å². The maximum atomic E-state index is 12.5. The number of nitrogens with zero attached hydrogens (tertiary/aromatic N) is 4. The highest BCUT2D eigenvalue weighted by molar-refractivity contribution is 4.92. The van der Waals surface area contributed by atoms with E-state index in [2.05, 4.69) is 90.9 Å². The maximum absolute atomic E-state index is 12.5. The van der Waals surface area contributed by atoms with E-state index in [9.17, 15) is 13.2 Å². The quantitative estimate of drug-likeness (QED) is 0.312. The SMILES string of the molecule is CC(C)(C)N1CCC[C@H]1C(F)(F)F.CC(C)(C)N1CCC[C@H]1CO.C[C@@H]1CCCN1C(C)(C)C.C[C@H]1CCCN1C(C)(C)C. The molecule has 5 nitrogen and oxygen atoms in total. The minimum atomic E-state index is -4.07. The topological polar surface area (TPSA) is 33.2 Å². The van der Waals surface area contributed by atoms with Gasteiger partial charge >= 0.3 is 6.18 Å². The average Bonchev–Trinajstić information content (AvgIpc) is 3.63. The van der Waals surface area contributed by atoms with Crippen molar-refractivity contribution in [2.24, 2.45) is 0 Å². The summed E-state index contributed by atoms with van der Waals surface area (Å²) in [4.78, 5) is 9.12. The lowest BCUT2D eigenvalue weighted by atomic mass is 10.0. The van der Waals surface area contributed by atoms with Crippen molar-refractivity contribution >= 4 is 0 Å². The first-order valence-corrected chi connectivity index (χ1v) is 17.6. The zero-order valence-electron chi connectivity index (χ0n) is 31.4. The van der Waals surface area contributed by atoms with E-state index < -0.39 is 12.2 Å². The minimum absolute atomic E-state index is 0.226. The third kappa shape index (κ3) is 13.4. The lowest BCUT2D eigenvalue weighted by Gasteiger charge is -2.37. The van der Waals surface area contributed by atoms with Crippen LogP contribution in [0.25, 0.3) is 0 Å². The van der Waals surface area contributed by atoms with Crippen LogP contribution in [-0.2, 0) is 0 Å². The largest absolute Gasteiger partial charge is 0.404 e. The molecule has 0 aromatic carbocycles. The molecule has 4 atom stereocenters. The molecule has 4 aliphatic rings. The standard InChI is InChI=1S/C9H16F3N.C9H19NO.2C9H19N/c1-8(2,3)13-6-4-5-7(13)9(10,11)12;1-9(2,3)10-6-4-5-8(10)7-11;2*1-8-6-5-7-10(8)9(2,3)4/h7H,4-6H2,1-3H3;8,11H,4-7H2,1-3H3;2*8H,5-7H2,1-4H3/t7-;3*8-/m0010/s1. The van der Waals surface area contributed by atoms with Crippen LogP contribution < -0.4 is 0 Å². The van der Waals surface area contributed by atoms with Crippen LogP contribution >= 0.6 is 0 Å². The number of aliphatic hydroxyl groups excluding tert-OH is 1. The molecular weight excluding hydrogens is 561 g/mol. The molecule has 0 saturated carbocycles.